The number of nitrogens with one attached hydrogen (secondary N) is 1. The van der Waals surface area contributed by atoms with Crippen LogP contribution >= 0.6 is 23.4 Å². The van der Waals surface area contributed by atoms with E-state index in [4.69, 9.17) is 20.9 Å². The molecule has 0 fully saturated rings. The summed E-state index contributed by atoms with van der Waals surface area (Å²) < 4.78 is 10.3. The second-order valence-electron chi connectivity index (χ2n) is 5.00. The highest BCUT2D eigenvalue weighted by molar-refractivity contribution is 7.98. The third-order valence-electron chi connectivity index (χ3n) is 3.34. The van der Waals surface area contributed by atoms with Crippen LogP contribution in [-0.4, -0.2) is 23.9 Å². The van der Waals surface area contributed by atoms with Crippen molar-refractivity contribution in [2.75, 3.05) is 18.2 Å². The molecule has 5 nitrogen and oxygen atoms in total. The Morgan fingerprint density at radius 2 is 2.22 bits per heavy atom. The molecule has 23 heavy (non-hydrogen) atoms. The second-order valence-corrected chi connectivity index (χ2v) is 6.54. The number of methoxy groups -OCH3 is 1. The van der Waals surface area contributed by atoms with Crippen LogP contribution in [0.2, 0.25) is 5.02 Å². The topological polar surface area (TPSA) is 64.4 Å². The molecule has 0 saturated carbocycles. The smallest absolute Gasteiger partial charge is 0.225 e. The molecular weight excluding hydrogens is 336 g/mol. The Labute approximate surface area is 144 Å². The third kappa shape index (κ3) is 4.91. The first-order chi connectivity index (χ1) is 11.0. The number of benzene rings is 1. The van der Waals surface area contributed by atoms with Gasteiger partial charge < -0.3 is 14.6 Å². The molecule has 0 atom stereocenters. The summed E-state index contributed by atoms with van der Waals surface area (Å²) in [6.45, 7) is 3.82. The van der Waals surface area contributed by atoms with Crippen molar-refractivity contribution in [2.45, 2.75) is 26.0 Å². The Kier molecular flexibility index (Phi) is 6.36. The molecule has 0 unspecified atom stereocenters. The van der Waals surface area contributed by atoms with Crippen LogP contribution in [0.25, 0.3) is 0 Å². The van der Waals surface area contributed by atoms with E-state index in [0.29, 0.717) is 28.6 Å². The summed E-state index contributed by atoms with van der Waals surface area (Å²) in [4.78, 5) is 12.0. The Morgan fingerprint density at radius 1 is 1.43 bits per heavy atom. The largest absolute Gasteiger partial charge is 0.495 e. The van der Waals surface area contributed by atoms with Crippen LogP contribution in [-0.2, 0) is 10.5 Å². The van der Waals surface area contributed by atoms with Crippen molar-refractivity contribution in [1.29, 1.82) is 0 Å². The van der Waals surface area contributed by atoms with Gasteiger partial charge in [0.05, 0.1) is 18.5 Å². The minimum atomic E-state index is -0.0724. The molecule has 2 rings (SSSR count). The molecular formula is C16H19ClN2O3S. The molecule has 1 aromatic heterocycles. The highest BCUT2D eigenvalue weighted by atomic mass is 35.5. The van der Waals surface area contributed by atoms with Gasteiger partial charge in [-0.1, -0.05) is 16.8 Å². The lowest BCUT2D eigenvalue weighted by Crippen LogP contribution is -2.13. The molecule has 1 heterocycles. The third-order valence-corrected chi connectivity index (χ3v) is 4.56. The van der Waals surface area contributed by atoms with E-state index in [-0.39, 0.29) is 5.91 Å². The fraction of sp³-hybridized carbons (Fsp3) is 0.375. The number of anilines is 1. The van der Waals surface area contributed by atoms with Crippen LogP contribution in [0.1, 0.15) is 23.4 Å². The molecule has 0 aliphatic carbocycles. The van der Waals surface area contributed by atoms with E-state index in [2.05, 4.69) is 10.5 Å². The Morgan fingerprint density at radius 3 is 2.87 bits per heavy atom. The van der Waals surface area contributed by atoms with Gasteiger partial charge in [-0.3, -0.25) is 4.79 Å². The second kappa shape index (κ2) is 8.26. The minimum absolute atomic E-state index is 0.0724. The number of hydrogen-bond donors (Lipinski definition) is 1. The monoisotopic (exact) mass is 354 g/mol. The zero-order valence-corrected chi connectivity index (χ0v) is 14.9. The van der Waals surface area contributed by atoms with Crippen LogP contribution in [0, 0.1) is 13.8 Å². The Bertz CT molecular complexity index is 668. The number of nitrogens with zero attached hydrogens (tertiary/aromatic N) is 1. The van der Waals surface area contributed by atoms with Gasteiger partial charge in [0, 0.05) is 28.5 Å². The average Bonchev–Trinajstić information content (AvgIpc) is 2.83. The maximum atomic E-state index is 12.0. The van der Waals surface area contributed by atoms with Gasteiger partial charge in [-0.05, 0) is 32.0 Å². The molecule has 1 aromatic carbocycles. The van der Waals surface area contributed by atoms with E-state index < -0.39 is 0 Å². The number of carbonyl (C=O) groups is 1. The summed E-state index contributed by atoms with van der Waals surface area (Å²) in [5.41, 5.74) is 2.59. The van der Waals surface area contributed by atoms with E-state index in [1.807, 2.05) is 13.8 Å². The standard InChI is InChI=1S/C16H19ClN2O3S/c1-10-13(11(2)22-19-10)9-23-7-6-16(20)18-14-8-12(17)4-5-15(14)21-3/h4-5,8H,6-7,9H2,1-3H3,(H,18,20). The van der Waals surface area contributed by atoms with Gasteiger partial charge >= 0.3 is 0 Å². The first kappa shape index (κ1) is 17.7. The van der Waals surface area contributed by atoms with Crippen molar-refractivity contribution in [3.05, 3.63) is 40.2 Å². The lowest BCUT2D eigenvalue weighted by molar-refractivity contribution is -0.115. The SMILES string of the molecule is COc1ccc(Cl)cc1NC(=O)CCSCc1c(C)noc1C. The molecule has 0 radical (unpaired) electrons. The van der Waals surface area contributed by atoms with Crippen molar-refractivity contribution in [3.63, 3.8) is 0 Å². The van der Waals surface area contributed by atoms with Crippen molar-refractivity contribution in [3.8, 4) is 5.75 Å². The summed E-state index contributed by atoms with van der Waals surface area (Å²) in [5, 5.41) is 7.30. The van der Waals surface area contributed by atoms with Gasteiger partial charge in [0.1, 0.15) is 11.5 Å². The fourth-order valence-corrected chi connectivity index (χ4v) is 3.30. The van der Waals surface area contributed by atoms with Gasteiger partial charge in [0.2, 0.25) is 5.91 Å². The summed E-state index contributed by atoms with van der Waals surface area (Å²) in [6.07, 6.45) is 0.406. The maximum absolute atomic E-state index is 12.0. The Hall–Kier alpha value is -1.66. The minimum Gasteiger partial charge on any atom is -0.495 e. The zero-order valence-electron chi connectivity index (χ0n) is 13.3. The van der Waals surface area contributed by atoms with Crippen LogP contribution in [0.3, 0.4) is 0 Å². The van der Waals surface area contributed by atoms with Gasteiger partial charge in [-0.15, -0.1) is 0 Å². The molecule has 2 aromatic rings. The molecule has 0 spiro atoms. The highest BCUT2D eigenvalue weighted by Gasteiger charge is 2.11. The molecule has 0 bridgehead atoms. The molecule has 0 aliphatic rings. The zero-order chi connectivity index (χ0) is 16.8. The molecule has 7 heteroatoms. The van der Waals surface area contributed by atoms with E-state index in [1.54, 1.807) is 37.1 Å². The van der Waals surface area contributed by atoms with E-state index in [9.17, 15) is 4.79 Å². The fourth-order valence-electron chi connectivity index (χ4n) is 2.04. The van der Waals surface area contributed by atoms with E-state index >= 15 is 0 Å². The van der Waals surface area contributed by atoms with Gasteiger partial charge in [-0.25, -0.2) is 0 Å². The van der Waals surface area contributed by atoms with Gasteiger partial charge in [-0.2, -0.15) is 11.8 Å². The molecule has 0 saturated heterocycles. The number of aryl methyl sites for hydroxylation is 2. The summed E-state index contributed by atoms with van der Waals surface area (Å²) in [6, 6.07) is 5.12. The van der Waals surface area contributed by atoms with E-state index in [0.717, 1.165) is 22.8 Å². The van der Waals surface area contributed by atoms with Crippen molar-refractivity contribution in [1.82, 2.24) is 5.16 Å². The molecule has 1 amide bonds. The lowest BCUT2D eigenvalue weighted by atomic mass is 10.2. The van der Waals surface area contributed by atoms with Crippen LogP contribution < -0.4 is 10.1 Å². The number of carbonyl (C=O) groups excluding carboxylic acids is 1. The van der Waals surface area contributed by atoms with Gasteiger partial charge in [0.15, 0.2) is 0 Å². The molecule has 124 valence electrons. The number of ether oxygens (including phenoxy) is 1. The predicted molar refractivity (Wildman–Crippen MR) is 93.4 cm³/mol. The number of thioether (sulfide) groups is 1. The number of hydrogen-bond acceptors (Lipinski definition) is 5. The van der Waals surface area contributed by atoms with Crippen LogP contribution in [0.5, 0.6) is 5.75 Å². The van der Waals surface area contributed by atoms with E-state index in [1.165, 1.54) is 0 Å². The summed E-state index contributed by atoms with van der Waals surface area (Å²) in [7, 11) is 1.55. The number of amides is 1. The predicted octanol–water partition coefficient (Wildman–Crippen LogP) is 4.22. The highest BCUT2D eigenvalue weighted by Crippen LogP contribution is 2.28. The Balaban J connectivity index is 1.81. The van der Waals surface area contributed by atoms with Crippen molar-refractivity contribution in [2.24, 2.45) is 0 Å². The number of rotatable bonds is 7. The van der Waals surface area contributed by atoms with Crippen molar-refractivity contribution >= 4 is 35.0 Å². The average molecular weight is 355 g/mol. The summed E-state index contributed by atoms with van der Waals surface area (Å²) >= 11 is 7.62. The number of halogens is 1. The number of aromatic nitrogens is 1. The molecule has 1 N–H and O–H groups in total. The molecule has 0 aliphatic heterocycles. The quantitative estimate of drug-likeness (QED) is 0.754. The maximum Gasteiger partial charge on any atom is 0.225 e. The first-order valence-electron chi connectivity index (χ1n) is 7.14. The van der Waals surface area contributed by atoms with Crippen molar-refractivity contribution < 1.29 is 14.1 Å². The van der Waals surface area contributed by atoms with Gasteiger partial charge in [0.25, 0.3) is 0 Å². The lowest BCUT2D eigenvalue weighted by Gasteiger charge is -2.10. The first-order valence-corrected chi connectivity index (χ1v) is 8.67. The van der Waals surface area contributed by atoms with Crippen LogP contribution in [0.4, 0.5) is 5.69 Å². The van der Waals surface area contributed by atoms with Crippen LogP contribution in [0.15, 0.2) is 22.7 Å². The normalized spacial score (nSPS) is 10.6. The summed E-state index contributed by atoms with van der Waals surface area (Å²) in [5.74, 6) is 2.85.